The standard InChI is InChI=1S/C9H20N2O4S2/c1-16(12,13)8-2-5-11-17(14,15)9-3-6-10-7-4-9/h9-11H,2-8H2,1H3. The Morgan fingerprint density at radius 3 is 2.29 bits per heavy atom. The molecule has 0 aromatic rings. The molecule has 0 amide bonds. The Bertz CT molecular complexity index is 424. The summed E-state index contributed by atoms with van der Waals surface area (Å²) in [5, 5.41) is 2.76. The van der Waals surface area contributed by atoms with Gasteiger partial charge in [-0.15, -0.1) is 0 Å². The Labute approximate surface area is 103 Å². The fourth-order valence-corrected chi connectivity index (χ4v) is 3.96. The molecule has 102 valence electrons. The zero-order valence-corrected chi connectivity index (χ0v) is 11.6. The minimum absolute atomic E-state index is 0.0156. The van der Waals surface area contributed by atoms with Crippen LogP contribution < -0.4 is 10.0 Å². The second kappa shape index (κ2) is 6.12. The fraction of sp³-hybridized carbons (Fsp3) is 1.00. The molecule has 1 aliphatic rings. The van der Waals surface area contributed by atoms with Crippen LogP contribution in [0.15, 0.2) is 0 Å². The van der Waals surface area contributed by atoms with Gasteiger partial charge in [0.2, 0.25) is 10.0 Å². The summed E-state index contributed by atoms with van der Waals surface area (Å²) >= 11 is 0. The van der Waals surface area contributed by atoms with E-state index in [1.165, 1.54) is 0 Å². The SMILES string of the molecule is CS(=O)(=O)CCCNS(=O)(=O)C1CCNCC1. The molecule has 0 spiro atoms. The van der Waals surface area contributed by atoms with E-state index in [9.17, 15) is 16.8 Å². The van der Waals surface area contributed by atoms with Crippen LogP contribution in [0, 0.1) is 0 Å². The first kappa shape index (κ1) is 14.9. The first-order valence-electron chi connectivity index (χ1n) is 5.68. The lowest BCUT2D eigenvalue weighted by molar-refractivity contribution is 0.489. The average Bonchev–Trinajstić information content (AvgIpc) is 2.25. The molecule has 6 nitrogen and oxygen atoms in total. The van der Waals surface area contributed by atoms with Crippen molar-refractivity contribution in [3.05, 3.63) is 0 Å². The number of sulfonamides is 1. The summed E-state index contributed by atoms with van der Waals surface area (Å²) in [6, 6.07) is 0. The molecule has 8 heteroatoms. The van der Waals surface area contributed by atoms with E-state index >= 15 is 0 Å². The van der Waals surface area contributed by atoms with E-state index in [4.69, 9.17) is 0 Å². The highest BCUT2D eigenvalue weighted by molar-refractivity contribution is 7.90. The van der Waals surface area contributed by atoms with Gasteiger partial charge in [-0.1, -0.05) is 0 Å². The van der Waals surface area contributed by atoms with Gasteiger partial charge >= 0.3 is 0 Å². The predicted molar refractivity (Wildman–Crippen MR) is 67.1 cm³/mol. The third-order valence-electron chi connectivity index (χ3n) is 2.72. The molecule has 1 heterocycles. The van der Waals surface area contributed by atoms with Crippen LogP contribution in [0.5, 0.6) is 0 Å². The number of piperidine rings is 1. The van der Waals surface area contributed by atoms with Crippen molar-refractivity contribution in [3.8, 4) is 0 Å². The molecule has 0 unspecified atom stereocenters. The maximum atomic E-state index is 11.8. The number of hydrogen-bond donors (Lipinski definition) is 2. The van der Waals surface area contributed by atoms with Crippen molar-refractivity contribution in [2.24, 2.45) is 0 Å². The predicted octanol–water partition coefficient (Wildman–Crippen LogP) is -0.907. The van der Waals surface area contributed by atoms with E-state index in [1.807, 2.05) is 0 Å². The Balaban J connectivity index is 2.34. The first-order chi connectivity index (χ1) is 7.81. The summed E-state index contributed by atoms with van der Waals surface area (Å²) < 4.78 is 47.9. The molecule has 17 heavy (non-hydrogen) atoms. The van der Waals surface area contributed by atoms with Crippen LogP contribution in [0.4, 0.5) is 0 Å². The molecular formula is C9H20N2O4S2. The second-order valence-corrected chi connectivity index (χ2v) is 8.68. The molecule has 1 rings (SSSR count). The van der Waals surface area contributed by atoms with Gasteiger partial charge in [-0.05, 0) is 32.4 Å². The smallest absolute Gasteiger partial charge is 0.214 e. The van der Waals surface area contributed by atoms with Crippen LogP contribution in [0.3, 0.4) is 0 Å². The first-order valence-corrected chi connectivity index (χ1v) is 9.29. The quantitative estimate of drug-likeness (QED) is 0.616. The van der Waals surface area contributed by atoms with Gasteiger partial charge < -0.3 is 5.32 Å². The van der Waals surface area contributed by atoms with E-state index in [2.05, 4.69) is 10.0 Å². The highest BCUT2D eigenvalue weighted by Gasteiger charge is 2.26. The van der Waals surface area contributed by atoms with Crippen LogP contribution in [0.2, 0.25) is 0 Å². The third kappa shape index (κ3) is 5.80. The summed E-state index contributed by atoms with van der Waals surface area (Å²) in [5.74, 6) is 0.0156. The number of sulfone groups is 1. The van der Waals surface area contributed by atoms with Gasteiger partial charge in [0.1, 0.15) is 9.84 Å². The zero-order chi connectivity index (χ0) is 12.9. The Morgan fingerprint density at radius 1 is 1.18 bits per heavy atom. The summed E-state index contributed by atoms with van der Waals surface area (Å²) in [4.78, 5) is 0. The Kier molecular flexibility index (Phi) is 5.36. The lowest BCUT2D eigenvalue weighted by Crippen LogP contribution is -2.42. The number of nitrogens with one attached hydrogen (secondary N) is 2. The molecule has 1 aliphatic heterocycles. The van der Waals surface area contributed by atoms with E-state index in [0.29, 0.717) is 19.3 Å². The van der Waals surface area contributed by atoms with Crippen molar-refractivity contribution >= 4 is 19.9 Å². The van der Waals surface area contributed by atoms with Gasteiger partial charge in [0, 0.05) is 12.8 Å². The summed E-state index contributed by atoms with van der Waals surface area (Å²) in [6.45, 7) is 1.63. The van der Waals surface area contributed by atoms with Crippen LogP contribution in [0.1, 0.15) is 19.3 Å². The third-order valence-corrected chi connectivity index (χ3v) is 5.71. The maximum absolute atomic E-state index is 11.8. The highest BCUT2D eigenvalue weighted by Crippen LogP contribution is 2.11. The van der Waals surface area contributed by atoms with Crippen LogP contribution in [-0.4, -0.2) is 53.7 Å². The van der Waals surface area contributed by atoms with E-state index in [-0.39, 0.29) is 17.5 Å². The lowest BCUT2D eigenvalue weighted by Gasteiger charge is -2.22. The highest BCUT2D eigenvalue weighted by atomic mass is 32.2. The fourth-order valence-electron chi connectivity index (χ4n) is 1.77. The van der Waals surface area contributed by atoms with Crippen LogP contribution >= 0.6 is 0 Å². The minimum atomic E-state index is -3.29. The molecule has 0 saturated carbocycles. The summed E-state index contributed by atoms with van der Waals surface area (Å²) in [6.07, 6.45) is 2.69. The molecule has 1 fully saturated rings. The maximum Gasteiger partial charge on any atom is 0.214 e. The van der Waals surface area contributed by atoms with Gasteiger partial charge in [-0.25, -0.2) is 21.6 Å². The summed E-state index contributed by atoms with van der Waals surface area (Å²) in [5.41, 5.74) is 0. The van der Waals surface area contributed by atoms with Crippen LogP contribution in [0.25, 0.3) is 0 Å². The van der Waals surface area contributed by atoms with E-state index in [1.54, 1.807) is 0 Å². The van der Waals surface area contributed by atoms with Gasteiger partial charge in [0.15, 0.2) is 0 Å². The monoisotopic (exact) mass is 284 g/mol. The van der Waals surface area contributed by atoms with Crippen molar-refractivity contribution in [1.82, 2.24) is 10.0 Å². The average molecular weight is 284 g/mol. The molecule has 0 bridgehead atoms. The van der Waals surface area contributed by atoms with Gasteiger partial charge in [-0.2, -0.15) is 0 Å². The Morgan fingerprint density at radius 2 is 1.76 bits per heavy atom. The van der Waals surface area contributed by atoms with Crippen LogP contribution in [-0.2, 0) is 19.9 Å². The van der Waals surface area contributed by atoms with Crippen molar-refractivity contribution in [2.45, 2.75) is 24.5 Å². The normalized spacial score (nSPS) is 19.4. The molecule has 0 aromatic carbocycles. The number of rotatable bonds is 6. The largest absolute Gasteiger partial charge is 0.317 e. The zero-order valence-electron chi connectivity index (χ0n) is 9.98. The van der Waals surface area contributed by atoms with Crippen molar-refractivity contribution in [3.63, 3.8) is 0 Å². The van der Waals surface area contributed by atoms with E-state index in [0.717, 1.165) is 19.3 Å². The van der Waals surface area contributed by atoms with Crippen molar-refractivity contribution in [1.29, 1.82) is 0 Å². The number of hydrogen-bond acceptors (Lipinski definition) is 5. The molecule has 2 N–H and O–H groups in total. The topological polar surface area (TPSA) is 92.3 Å². The van der Waals surface area contributed by atoms with Gasteiger partial charge in [0.05, 0.1) is 11.0 Å². The Hall–Kier alpha value is -0.180. The lowest BCUT2D eigenvalue weighted by atomic mass is 10.2. The molecule has 0 aliphatic carbocycles. The van der Waals surface area contributed by atoms with Crippen molar-refractivity contribution in [2.75, 3.05) is 31.6 Å². The van der Waals surface area contributed by atoms with Gasteiger partial charge in [-0.3, -0.25) is 0 Å². The van der Waals surface area contributed by atoms with Gasteiger partial charge in [0.25, 0.3) is 0 Å². The minimum Gasteiger partial charge on any atom is -0.317 e. The second-order valence-electron chi connectivity index (χ2n) is 4.37. The molecule has 1 saturated heterocycles. The summed E-state index contributed by atoms with van der Waals surface area (Å²) in [7, 11) is -6.30. The van der Waals surface area contributed by atoms with E-state index < -0.39 is 19.9 Å². The molecule has 0 aromatic heterocycles. The van der Waals surface area contributed by atoms with Crippen molar-refractivity contribution < 1.29 is 16.8 Å². The molecular weight excluding hydrogens is 264 g/mol. The molecule has 0 atom stereocenters. The molecule has 0 radical (unpaired) electrons.